The van der Waals surface area contributed by atoms with Crippen molar-refractivity contribution < 1.29 is 17.7 Å². The second kappa shape index (κ2) is 6.18. The van der Waals surface area contributed by atoms with E-state index in [1.54, 1.807) is 24.3 Å². The van der Waals surface area contributed by atoms with Gasteiger partial charge in [0.2, 0.25) is 0 Å². The van der Waals surface area contributed by atoms with Gasteiger partial charge in [-0.1, -0.05) is 18.2 Å². The first-order valence-electron chi connectivity index (χ1n) is 5.60. The van der Waals surface area contributed by atoms with Crippen LogP contribution in [0.25, 0.3) is 0 Å². The smallest absolute Gasteiger partial charge is 0.255 e. The standard InChI is InChI=1S/C13H12N2O4S/c14-11-8-10(6-7-12(11)19-20(17)18)15-13(16)9-4-2-1-3-5-9/h1-8H,14H2,(H,15,16)(H,17,18)/p-1. The Balaban J connectivity index is 2.13. The Morgan fingerprint density at radius 1 is 1.20 bits per heavy atom. The predicted octanol–water partition coefficient (Wildman–Crippen LogP) is 1.69. The van der Waals surface area contributed by atoms with Gasteiger partial charge in [0.05, 0.1) is 5.69 Å². The van der Waals surface area contributed by atoms with E-state index in [2.05, 4.69) is 9.50 Å². The number of benzene rings is 2. The van der Waals surface area contributed by atoms with Crippen LogP contribution in [-0.4, -0.2) is 14.7 Å². The minimum absolute atomic E-state index is 0.0102. The molecule has 104 valence electrons. The Morgan fingerprint density at radius 3 is 2.50 bits per heavy atom. The normalized spacial score (nSPS) is 11.7. The summed E-state index contributed by atoms with van der Waals surface area (Å²) in [6.07, 6.45) is 0. The number of hydrogen-bond acceptors (Lipinski definition) is 5. The molecule has 0 aliphatic carbocycles. The zero-order valence-electron chi connectivity index (χ0n) is 10.2. The maximum atomic E-state index is 11.9. The van der Waals surface area contributed by atoms with E-state index in [9.17, 15) is 13.6 Å². The first-order chi connectivity index (χ1) is 9.56. The summed E-state index contributed by atoms with van der Waals surface area (Å²) in [6.45, 7) is 0. The molecule has 1 atom stereocenters. The van der Waals surface area contributed by atoms with Crippen molar-refractivity contribution in [1.82, 2.24) is 0 Å². The first-order valence-corrected chi connectivity index (χ1v) is 6.60. The van der Waals surface area contributed by atoms with Crippen LogP contribution < -0.4 is 15.2 Å². The van der Waals surface area contributed by atoms with Gasteiger partial charge >= 0.3 is 0 Å². The summed E-state index contributed by atoms with van der Waals surface area (Å²) in [5, 5.41) is 2.65. The Hall–Kier alpha value is -2.38. The van der Waals surface area contributed by atoms with Gasteiger partial charge in [-0.25, -0.2) is 4.21 Å². The Bertz CT molecular complexity index is 646. The fourth-order valence-electron chi connectivity index (χ4n) is 1.57. The second-order valence-corrected chi connectivity index (χ2v) is 4.44. The molecule has 0 heterocycles. The fraction of sp³-hybridized carbons (Fsp3) is 0. The third kappa shape index (κ3) is 3.56. The van der Waals surface area contributed by atoms with Crippen molar-refractivity contribution in [2.75, 3.05) is 11.1 Å². The molecule has 0 aliphatic rings. The number of carbonyl (C=O) groups excluding carboxylic acids is 1. The summed E-state index contributed by atoms with van der Waals surface area (Å²) in [4.78, 5) is 11.9. The molecular weight excluding hydrogens is 280 g/mol. The maximum absolute atomic E-state index is 11.9. The van der Waals surface area contributed by atoms with Crippen molar-refractivity contribution in [2.45, 2.75) is 0 Å². The SMILES string of the molecule is Nc1cc(NC(=O)c2ccccc2)ccc1OS(=O)[O-]. The average molecular weight is 291 g/mol. The molecule has 0 aromatic heterocycles. The molecule has 0 fully saturated rings. The van der Waals surface area contributed by atoms with E-state index in [1.165, 1.54) is 18.2 Å². The van der Waals surface area contributed by atoms with Gasteiger partial charge in [0.1, 0.15) is 11.4 Å². The van der Waals surface area contributed by atoms with Gasteiger partial charge in [-0.3, -0.25) is 4.79 Å². The molecule has 1 amide bonds. The largest absolute Gasteiger partial charge is 0.740 e. The van der Waals surface area contributed by atoms with Gasteiger partial charge in [0.25, 0.3) is 5.91 Å². The molecule has 3 N–H and O–H groups in total. The summed E-state index contributed by atoms with van der Waals surface area (Å²) in [6, 6.07) is 13.0. The zero-order valence-corrected chi connectivity index (χ0v) is 11.1. The molecular formula is C13H11N2O4S-. The topological polar surface area (TPSA) is 104 Å². The van der Waals surface area contributed by atoms with Crippen LogP contribution in [0.4, 0.5) is 11.4 Å². The number of amides is 1. The molecule has 1 unspecified atom stereocenters. The molecule has 0 radical (unpaired) electrons. The van der Waals surface area contributed by atoms with Gasteiger partial charge in [-0.2, -0.15) is 0 Å². The Labute approximate surface area is 118 Å². The van der Waals surface area contributed by atoms with Crippen molar-refractivity contribution in [3.05, 3.63) is 54.1 Å². The van der Waals surface area contributed by atoms with Gasteiger partial charge < -0.3 is 19.8 Å². The lowest BCUT2D eigenvalue weighted by atomic mass is 10.2. The minimum Gasteiger partial charge on any atom is -0.740 e. The van der Waals surface area contributed by atoms with Crippen LogP contribution in [0.5, 0.6) is 5.75 Å². The van der Waals surface area contributed by atoms with Crippen molar-refractivity contribution >= 4 is 28.6 Å². The quantitative estimate of drug-likeness (QED) is 0.659. The number of carbonyl (C=O) groups is 1. The summed E-state index contributed by atoms with van der Waals surface area (Å²) in [7, 11) is 0. The van der Waals surface area contributed by atoms with E-state index < -0.39 is 11.4 Å². The third-order valence-electron chi connectivity index (χ3n) is 2.46. The molecule has 20 heavy (non-hydrogen) atoms. The zero-order chi connectivity index (χ0) is 14.5. The lowest BCUT2D eigenvalue weighted by Crippen LogP contribution is -2.12. The van der Waals surface area contributed by atoms with Crippen LogP contribution >= 0.6 is 0 Å². The van der Waals surface area contributed by atoms with Crippen LogP contribution in [0.15, 0.2) is 48.5 Å². The number of anilines is 2. The number of nitrogen functional groups attached to an aromatic ring is 1. The van der Waals surface area contributed by atoms with Crippen molar-refractivity contribution in [2.24, 2.45) is 0 Å². The highest BCUT2D eigenvalue weighted by Gasteiger charge is 2.07. The van der Waals surface area contributed by atoms with Gasteiger partial charge in [-0.15, -0.1) is 0 Å². The van der Waals surface area contributed by atoms with Crippen LogP contribution in [0.2, 0.25) is 0 Å². The predicted molar refractivity (Wildman–Crippen MR) is 74.8 cm³/mol. The summed E-state index contributed by atoms with van der Waals surface area (Å²) >= 11 is -2.69. The molecule has 2 rings (SSSR count). The lowest BCUT2D eigenvalue weighted by molar-refractivity contribution is 0.102. The highest BCUT2D eigenvalue weighted by atomic mass is 32.2. The van der Waals surface area contributed by atoms with Crippen LogP contribution in [0.1, 0.15) is 10.4 Å². The number of rotatable bonds is 4. The van der Waals surface area contributed by atoms with Gasteiger partial charge in [0, 0.05) is 11.3 Å². The lowest BCUT2D eigenvalue weighted by Gasteiger charge is -2.11. The van der Waals surface area contributed by atoms with Crippen LogP contribution in [-0.2, 0) is 11.4 Å². The summed E-state index contributed by atoms with van der Waals surface area (Å²) in [5.41, 5.74) is 6.70. The van der Waals surface area contributed by atoms with Crippen molar-refractivity contribution in [1.29, 1.82) is 0 Å². The first kappa shape index (κ1) is 14.0. The summed E-state index contributed by atoms with van der Waals surface area (Å²) in [5.74, 6) is -0.276. The van der Waals surface area contributed by atoms with E-state index in [0.29, 0.717) is 11.3 Å². The van der Waals surface area contributed by atoms with E-state index in [4.69, 9.17) is 5.73 Å². The number of hydrogen-bond donors (Lipinski definition) is 2. The third-order valence-corrected chi connectivity index (χ3v) is 2.78. The molecule has 2 aromatic rings. The average Bonchev–Trinajstić information content (AvgIpc) is 2.42. The monoisotopic (exact) mass is 291 g/mol. The van der Waals surface area contributed by atoms with Crippen molar-refractivity contribution in [3.63, 3.8) is 0 Å². The molecule has 0 bridgehead atoms. The Kier molecular flexibility index (Phi) is 4.34. The molecule has 7 heteroatoms. The van der Waals surface area contributed by atoms with E-state index in [0.717, 1.165) is 0 Å². The number of nitrogens with one attached hydrogen (secondary N) is 1. The highest BCUT2D eigenvalue weighted by molar-refractivity contribution is 7.74. The highest BCUT2D eigenvalue weighted by Crippen LogP contribution is 2.25. The van der Waals surface area contributed by atoms with E-state index >= 15 is 0 Å². The van der Waals surface area contributed by atoms with Crippen LogP contribution in [0, 0.1) is 0 Å². The molecule has 0 aliphatic heterocycles. The summed E-state index contributed by atoms with van der Waals surface area (Å²) < 4.78 is 25.3. The van der Waals surface area contributed by atoms with Crippen molar-refractivity contribution in [3.8, 4) is 5.75 Å². The minimum atomic E-state index is -2.69. The molecule has 2 aromatic carbocycles. The molecule has 0 saturated carbocycles. The second-order valence-electron chi connectivity index (χ2n) is 3.86. The van der Waals surface area contributed by atoms with E-state index in [1.807, 2.05) is 6.07 Å². The van der Waals surface area contributed by atoms with Crippen LogP contribution in [0.3, 0.4) is 0 Å². The number of nitrogens with two attached hydrogens (primary N) is 1. The molecule has 6 nitrogen and oxygen atoms in total. The fourth-order valence-corrected chi connectivity index (χ4v) is 1.87. The Morgan fingerprint density at radius 2 is 1.90 bits per heavy atom. The van der Waals surface area contributed by atoms with E-state index in [-0.39, 0.29) is 17.3 Å². The van der Waals surface area contributed by atoms with Gasteiger partial charge in [0.15, 0.2) is 5.75 Å². The van der Waals surface area contributed by atoms with Gasteiger partial charge in [-0.05, 0) is 30.3 Å². The molecule has 0 spiro atoms. The maximum Gasteiger partial charge on any atom is 0.255 e. The molecule has 0 saturated heterocycles.